The van der Waals surface area contributed by atoms with Gasteiger partial charge in [-0.05, 0) is 63.1 Å². The summed E-state index contributed by atoms with van der Waals surface area (Å²) in [7, 11) is -0.556. The third-order valence-electron chi connectivity index (χ3n) is 6.73. The molecule has 2 aromatic rings. The third kappa shape index (κ3) is 16.4. The minimum Gasteiger partial charge on any atom is -0.504 e. The van der Waals surface area contributed by atoms with E-state index >= 15 is 0 Å². The van der Waals surface area contributed by atoms with Crippen LogP contribution < -0.4 is 19.5 Å². The van der Waals surface area contributed by atoms with Gasteiger partial charge in [-0.15, -0.1) is 0 Å². The van der Waals surface area contributed by atoms with Crippen molar-refractivity contribution >= 4 is 22.0 Å². The number of Topliss-reactive ketones (excluding diaryl/α,β-unsaturated/α-hetero) is 2. The molecule has 0 spiro atoms. The standard InChI is InChI=1S/C16H23NO4.C9H10O3.C4H9NO.C3H6O4S/c1-13(18)14-4-5-15(16(12-14)19-2)21-9-3-6-17-7-10-20-11-8-17;1-6(10)7-3-4-8(11)9(5-7)12-2;1-3-6-4-2-5-1;4-8(5)6-2-1-3-7-8/h4-5,12H,3,6-11H2,1-2H3;3-5,11H,1-2H3;5H,1-4H2;1-3H2. The van der Waals surface area contributed by atoms with Gasteiger partial charge in [-0.1, -0.05) is 0 Å². The lowest BCUT2D eigenvalue weighted by Gasteiger charge is -2.26. The Balaban J connectivity index is 0.000000246. The molecule has 3 aliphatic heterocycles. The Labute approximate surface area is 277 Å². The number of phenolic OH excluding ortho intramolecular Hbond substituents is 1. The molecule has 0 bridgehead atoms. The quantitative estimate of drug-likeness (QED) is 0.292. The van der Waals surface area contributed by atoms with Crippen LogP contribution in [0.4, 0.5) is 0 Å². The highest BCUT2D eigenvalue weighted by Gasteiger charge is 2.15. The number of phenols is 1. The summed E-state index contributed by atoms with van der Waals surface area (Å²) >= 11 is 0. The first-order valence-electron chi connectivity index (χ1n) is 15.4. The number of methoxy groups -OCH3 is 2. The van der Waals surface area contributed by atoms with Gasteiger partial charge in [0, 0.05) is 43.9 Å². The molecule has 3 heterocycles. The highest BCUT2D eigenvalue weighted by atomic mass is 32.3. The van der Waals surface area contributed by atoms with E-state index < -0.39 is 10.4 Å². The van der Waals surface area contributed by atoms with Crippen molar-refractivity contribution in [2.45, 2.75) is 26.7 Å². The molecule has 0 aliphatic carbocycles. The SMILES string of the molecule is C1COCCN1.COc1cc(C(C)=O)ccc1O.COc1cc(C(C)=O)ccc1OCCCN1CCOCC1.O=S1(=O)OCCCO1. The maximum Gasteiger partial charge on any atom is 0.399 e. The molecule has 2 aromatic carbocycles. The fourth-order valence-electron chi connectivity index (χ4n) is 4.13. The lowest BCUT2D eigenvalue weighted by atomic mass is 10.1. The number of hydrogen-bond acceptors (Lipinski definition) is 14. The van der Waals surface area contributed by atoms with E-state index in [0.29, 0.717) is 41.4 Å². The zero-order valence-corrected chi connectivity index (χ0v) is 28.5. The van der Waals surface area contributed by atoms with E-state index in [9.17, 15) is 23.1 Å². The van der Waals surface area contributed by atoms with Crippen molar-refractivity contribution in [1.82, 2.24) is 10.2 Å². The van der Waals surface area contributed by atoms with Crippen molar-refractivity contribution in [1.29, 1.82) is 0 Å². The number of aromatic hydroxyl groups is 1. The van der Waals surface area contributed by atoms with Gasteiger partial charge in [0.25, 0.3) is 0 Å². The van der Waals surface area contributed by atoms with Crippen molar-refractivity contribution < 1.29 is 55.2 Å². The molecule has 0 aromatic heterocycles. The molecule has 3 fully saturated rings. The fraction of sp³-hybridized carbons (Fsp3) is 0.562. The topological polar surface area (TPSA) is 168 Å². The zero-order valence-electron chi connectivity index (χ0n) is 27.7. The highest BCUT2D eigenvalue weighted by molar-refractivity contribution is 7.81. The Morgan fingerprint density at radius 3 is 1.83 bits per heavy atom. The molecule has 5 rings (SSSR count). The Bertz CT molecular complexity index is 1310. The molecule has 2 N–H and O–H groups in total. The van der Waals surface area contributed by atoms with Crippen LogP contribution in [0.1, 0.15) is 47.4 Å². The number of ketones is 2. The summed E-state index contributed by atoms with van der Waals surface area (Å²) in [4.78, 5) is 24.6. The summed E-state index contributed by atoms with van der Waals surface area (Å²) in [5.74, 6) is 1.63. The van der Waals surface area contributed by atoms with Crippen LogP contribution in [0.3, 0.4) is 0 Å². The first-order chi connectivity index (χ1) is 22.6. The number of nitrogens with one attached hydrogen (secondary N) is 1. The monoisotopic (exact) mass is 684 g/mol. The molecule has 3 aliphatic rings. The van der Waals surface area contributed by atoms with E-state index in [2.05, 4.69) is 18.6 Å². The summed E-state index contributed by atoms with van der Waals surface area (Å²) < 4.78 is 55.0. The second-order valence-electron chi connectivity index (χ2n) is 10.3. The maximum atomic E-state index is 11.3. The zero-order chi connectivity index (χ0) is 34.5. The molecule has 15 heteroatoms. The van der Waals surface area contributed by atoms with E-state index in [1.807, 2.05) is 0 Å². The summed E-state index contributed by atoms with van der Waals surface area (Å²) in [6.07, 6.45) is 1.61. The minimum absolute atomic E-state index is 0.0205. The van der Waals surface area contributed by atoms with E-state index in [-0.39, 0.29) is 30.5 Å². The third-order valence-corrected chi connectivity index (χ3v) is 7.64. The van der Waals surface area contributed by atoms with Crippen molar-refractivity contribution in [2.24, 2.45) is 0 Å². The Morgan fingerprint density at radius 2 is 1.36 bits per heavy atom. The average Bonchev–Trinajstić information content (AvgIpc) is 3.08. The number of ether oxygens (including phenoxy) is 5. The normalized spacial score (nSPS) is 17.2. The molecular formula is C32H48N2O12S. The minimum atomic E-state index is -3.58. The fourth-order valence-corrected chi connectivity index (χ4v) is 4.84. The molecule has 47 heavy (non-hydrogen) atoms. The number of hydrogen-bond donors (Lipinski definition) is 2. The summed E-state index contributed by atoms with van der Waals surface area (Å²) in [6, 6.07) is 9.79. The van der Waals surface area contributed by atoms with Gasteiger partial charge in [0.05, 0.1) is 60.5 Å². The Morgan fingerprint density at radius 1 is 0.809 bits per heavy atom. The number of carbonyl (C=O) groups excluding carboxylic acids is 2. The second-order valence-corrected chi connectivity index (χ2v) is 11.6. The van der Waals surface area contributed by atoms with Gasteiger partial charge in [-0.25, -0.2) is 8.37 Å². The lowest BCUT2D eigenvalue weighted by molar-refractivity contribution is 0.0357. The van der Waals surface area contributed by atoms with Crippen LogP contribution in [0.15, 0.2) is 36.4 Å². The van der Waals surface area contributed by atoms with Crippen LogP contribution in [0.25, 0.3) is 0 Å². The molecule has 0 radical (unpaired) electrons. The van der Waals surface area contributed by atoms with Gasteiger partial charge < -0.3 is 34.1 Å². The number of benzene rings is 2. The number of carbonyl (C=O) groups is 2. The van der Waals surface area contributed by atoms with E-state index in [4.69, 9.17) is 23.7 Å². The van der Waals surface area contributed by atoms with Gasteiger partial charge in [0.2, 0.25) is 0 Å². The maximum absolute atomic E-state index is 11.3. The largest absolute Gasteiger partial charge is 0.504 e. The van der Waals surface area contributed by atoms with Crippen molar-refractivity contribution in [2.75, 3.05) is 93.2 Å². The molecule has 0 amide bonds. The first kappa shape index (κ1) is 39.9. The van der Waals surface area contributed by atoms with Crippen molar-refractivity contribution in [3.05, 3.63) is 47.5 Å². The Kier molecular flexibility index (Phi) is 18.9. The first-order valence-corrected chi connectivity index (χ1v) is 16.7. The average molecular weight is 685 g/mol. The summed E-state index contributed by atoms with van der Waals surface area (Å²) in [5.41, 5.74) is 1.16. The second kappa shape index (κ2) is 22.3. The number of rotatable bonds is 9. The van der Waals surface area contributed by atoms with Crippen LogP contribution in [0.2, 0.25) is 0 Å². The highest BCUT2D eigenvalue weighted by Crippen LogP contribution is 2.28. The van der Waals surface area contributed by atoms with Gasteiger partial charge in [-0.3, -0.25) is 14.5 Å². The molecule has 264 valence electrons. The molecule has 0 unspecified atom stereocenters. The van der Waals surface area contributed by atoms with Gasteiger partial charge in [-0.2, -0.15) is 8.42 Å². The Hall–Kier alpha value is -3.31. The smallest absolute Gasteiger partial charge is 0.399 e. The van der Waals surface area contributed by atoms with E-state index in [0.717, 1.165) is 65.6 Å². The summed E-state index contributed by atoms with van der Waals surface area (Å²) in [5, 5.41) is 12.3. The van der Waals surface area contributed by atoms with Crippen LogP contribution in [-0.4, -0.2) is 123 Å². The molecule has 0 saturated carbocycles. The predicted octanol–water partition coefficient (Wildman–Crippen LogP) is 2.88. The predicted molar refractivity (Wildman–Crippen MR) is 174 cm³/mol. The molecule has 3 saturated heterocycles. The molecule has 0 atom stereocenters. The van der Waals surface area contributed by atoms with Gasteiger partial charge >= 0.3 is 10.4 Å². The van der Waals surface area contributed by atoms with Crippen molar-refractivity contribution in [3.8, 4) is 23.0 Å². The van der Waals surface area contributed by atoms with Crippen LogP contribution in [0, 0.1) is 0 Å². The molecular weight excluding hydrogens is 636 g/mol. The number of morpholine rings is 2. The van der Waals surface area contributed by atoms with Gasteiger partial charge in [0.1, 0.15) is 0 Å². The van der Waals surface area contributed by atoms with Crippen LogP contribution in [-0.2, 0) is 28.2 Å². The van der Waals surface area contributed by atoms with Crippen LogP contribution >= 0.6 is 0 Å². The lowest BCUT2D eigenvalue weighted by Crippen LogP contribution is -2.37. The summed E-state index contributed by atoms with van der Waals surface area (Å²) in [6.45, 7) is 12.6. The number of nitrogens with zero attached hydrogens (tertiary/aromatic N) is 1. The van der Waals surface area contributed by atoms with Crippen LogP contribution in [0.5, 0.6) is 23.0 Å². The van der Waals surface area contributed by atoms with E-state index in [1.54, 1.807) is 31.4 Å². The molecule has 14 nitrogen and oxygen atoms in total. The van der Waals surface area contributed by atoms with E-state index in [1.165, 1.54) is 33.1 Å². The van der Waals surface area contributed by atoms with Gasteiger partial charge in [0.15, 0.2) is 34.6 Å². The van der Waals surface area contributed by atoms with Crippen molar-refractivity contribution in [3.63, 3.8) is 0 Å².